The Balaban J connectivity index is 1.67. The smallest absolute Gasteiger partial charge is 0.226 e. The summed E-state index contributed by atoms with van der Waals surface area (Å²) in [4.78, 5) is 6.78. The van der Waals surface area contributed by atoms with Crippen molar-refractivity contribution in [2.24, 2.45) is 0 Å². The Labute approximate surface area is 124 Å². The number of halogens is 1. The lowest BCUT2D eigenvalue weighted by Gasteiger charge is -2.30. The van der Waals surface area contributed by atoms with Crippen LogP contribution < -0.4 is 5.32 Å². The van der Waals surface area contributed by atoms with Crippen LogP contribution in [0.25, 0.3) is 11.5 Å². The molecule has 0 saturated carbocycles. The van der Waals surface area contributed by atoms with Gasteiger partial charge in [-0.05, 0) is 51.2 Å². The average Bonchev–Trinajstić information content (AvgIpc) is 2.97. The lowest BCUT2D eigenvalue weighted by atomic mass is 10.1. The van der Waals surface area contributed by atoms with E-state index in [2.05, 4.69) is 22.2 Å². The standard InChI is InChI=1S/C16H20FN3O/c1-20(15-5-7-18-8-6-15)10-14-11-21-16(19-14)12-3-2-4-13(17)9-12/h2-4,9,11,15,18H,5-8,10H2,1H3. The molecule has 112 valence electrons. The van der Waals surface area contributed by atoms with Crippen molar-refractivity contribution in [3.8, 4) is 11.5 Å². The highest BCUT2D eigenvalue weighted by atomic mass is 19.1. The van der Waals surface area contributed by atoms with Crippen molar-refractivity contribution in [1.29, 1.82) is 0 Å². The van der Waals surface area contributed by atoms with Crippen molar-refractivity contribution in [3.63, 3.8) is 0 Å². The molecule has 1 N–H and O–H groups in total. The van der Waals surface area contributed by atoms with Crippen LogP contribution in [0.1, 0.15) is 18.5 Å². The van der Waals surface area contributed by atoms with Gasteiger partial charge in [0.15, 0.2) is 0 Å². The number of nitrogens with zero attached hydrogens (tertiary/aromatic N) is 2. The Morgan fingerprint density at radius 2 is 2.19 bits per heavy atom. The van der Waals surface area contributed by atoms with Crippen molar-refractivity contribution < 1.29 is 8.81 Å². The molecule has 0 aliphatic carbocycles. The largest absolute Gasteiger partial charge is 0.444 e. The van der Waals surface area contributed by atoms with E-state index in [1.54, 1.807) is 18.4 Å². The normalized spacial score (nSPS) is 16.5. The Morgan fingerprint density at radius 1 is 1.38 bits per heavy atom. The van der Waals surface area contributed by atoms with E-state index in [0.717, 1.165) is 38.2 Å². The fourth-order valence-corrected chi connectivity index (χ4v) is 2.77. The van der Waals surface area contributed by atoms with Crippen LogP contribution in [0.4, 0.5) is 4.39 Å². The fraction of sp³-hybridized carbons (Fsp3) is 0.438. The van der Waals surface area contributed by atoms with E-state index in [4.69, 9.17) is 4.42 Å². The highest BCUT2D eigenvalue weighted by molar-refractivity contribution is 5.52. The zero-order valence-corrected chi connectivity index (χ0v) is 12.2. The van der Waals surface area contributed by atoms with Gasteiger partial charge < -0.3 is 9.73 Å². The van der Waals surface area contributed by atoms with Crippen LogP contribution in [0.3, 0.4) is 0 Å². The molecule has 1 fully saturated rings. The molecule has 21 heavy (non-hydrogen) atoms. The predicted octanol–water partition coefficient (Wildman–Crippen LogP) is 2.66. The van der Waals surface area contributed by atoms with Crippen molar-refractivity contribution >= 4 is 0 Å². The maximum Gasteiger partial charge on any atom is 0.226 e. The number of rotatable bonds is 4. The van der Waals surface area contributed by atoms with Gasteiger partial charge in [-0.1, -0.05) is 6.07 Å². The molecule has 5 heteroatoms. The monoisotopic (exact) mass is 289 g/mol. The van der Waals surface area contributed by atoms with Crippen LogP contribution in [0.2, 0.25) is 0 Å². The molecule has 0 radical (unpaired) electrons. The fourth-order valence-electron chi connectivity index (χ4n) is 2.77. The second-order valence-electron chi connectivity index (χ2n) is 5.55. The minimum absolute atomic E-state index is 0.279. The van der Waals surface area contributed by atoms with E-state index >= 15 is 0 Å². The van der Waals surface area contributed by atoms with E-state index in [-0.39, 0.29) is 5.82 Å². The molecule has 0 atom stereocenters. The molecular weight excluding hydrogens is 269 g/mol. The molecule has 1 saturated heterocycles. The van der Waals surface area contributed by atoms with Gasteiger partial charge in [0.2, 0.25) is 5.89 Å². The summed E-state index contributed by atoms with van der Waals surface area (Å²) >= 11 is 0. The third kappa shape index (κ3) is 3.49. The molecule has 4 nitrogen and oxygen atoms in total. The van der Waals surface area contributed by atoms with Crippen LogP contribution in [-0.4, -0.2) is 36.1 Å². The number of hydrogen-bond acceptors (Lipinski definition) is 4. The Hall–Kier alpha value is -1.72. The maximum absolute atomic E-state index is 13.2. The molecule has 1 aliphatic rings. The number of aromatic nitrogens is 1. The molecule has 2 heterocycles. The molecule has 0 amide bonds. The zero-order chi connectivity index (χ0) is 14.7. The highest BCUT2D eigenvalue weighted by Gasteiger charge is 2.19. The van der Waals surface area contributed by atoms with Gasteiger partial charge >= 0.3 is 0 Å². The first kappa shape index (κ1) is 14.2. The first-order valence-corrected chi connectivity index (χ1v) is 7.33. The molecular formula is C16H20FN3O. The van der Waals surface area contributed by atoms with E-state index in [1.165, 1.54) is 12.1 Å². The Bertz CT molecular complexity index is 593. The second-order valence-corrected chi connectivity index (χ2v) is 5.55. The number of benzene rings is 1. The number of nitrogens with one attached hydrogen (secondary N) is 1. The van der Waals surface area contributed by atoms with Gasteiger partial charge in [0, 0.05) is 18.2 Å². The van der Waals surface area contributed by atoms with Gasteiger partial charge in [0.25, 0.3) is 0 Å². The number of oxazole rings is 1. The van der Waals surface area contributed by atoms with Gasteiger partial charge in [-0.3, -0.25) is 4.90 Å². The molecule has 1 aromatic heterocycles. The Kier molecular flexibility index (Phi) is 4.31. The van der Waals surface area contributed by atoms with Gasteiger partial charge in [0.1, 0.15) is 12.1 Å². The lowest BCUT2D eigenvalue weighted by molar-refractivity contribution is 0.190. The summed E-state index contributed by atoms with van der Waals surface area (Å²) in [6, 6.07) is 6.90. The molecule has 0 spiro atoms. The van der Waals surface area contributed by atoms with Crippen LogP contribution in [0.15, 0.2) is 34.9 Å². The first-order chi connectivity index (χ1) is 10.2. The lowest BCUT2D eigenvalue weighted by Crippen LogP contribution is -2.40. The first-order valence-electron chi connectivity index (χ1n) is 7.33. The van der Waals surface area contributed by atoms with Crippen LogP contribution in [0, 0.1) is 5.82 Å². The Morgan fingerprint density at radius 3 is 2.95 bits per heavy atom. The summed E-state index contributed by atoms with van der Waals surface area (Å²) in [5, 5.41) is 3.37. The van der Waals surface area contributed by atoms with E-state index in [0.29, 0.717) is 17.5 Å². The summed E-state index contributed by atoms with van der Waals surface area (Å²) in [5.41, 5.74) is 1.56. The molecule has 0 unspecified atom stereocenters. The van der Waals surface area contributed by atoms with E-state index in [1.807, 2.05) is 0 Å². The third-order valence-corrected chi connectivity index (χ3v) is 3.97. The second kappa shape index (κ2) is 6.37. The minimum atomic E-state index is -0.279. The van der Waals surface area contributed by atoms with Gasteiger partial charge in [-0.15, -0.1) is 0 Å². The number of piperidine rings is 1. The summed E-state index contributed by atoms with van der Waals surface area (Å²) in [7, 11) is 2.12. The summed E-state index contributed by atoms with van der Waals surface area (Å²) in [5.74, 6) is 0.197. The van der Waals surface area contributed by atoms with E-state index < -0.39 is 0 Å². The zero-order valence-electron chi connectivity index (χ0n) is 12.2. The number of hydrogen-bond donors (Lipinski definition) is 1. The summed E-state index contributed by atoms with van der Waals surface area (Å²) < 4.78 is 18.7. The van der Waals surface area contributed by atoms with Crippen LogP contribution >= 0.6 is 0 Å². The molecule has 3 rings (SSSR count). The molecule has 0 bridgehead atoms. The van der Waals surface area contributed by atoms with Crippen LogP contribution in [-0.2, 0) is 6.54 Å². The average molecular weight is 289 g/mol. The topological polar surface area (TPSA) is 41.3 Å². The van der Waals surface area contributed by atoms with Crippen molar-refractivity contribution in [2.75, 3.05) is 20.1 Å². The van der Waals surface area contributed by atoms with Crippen LogP contribution in [0.5, 0.6) is 0 Å². The summed E-state index contributed by atoms with van der Waals surface area (Å²) in [6.07, 6.45) is 3.98. The van der Waals surface area contributed by atoms with Gasteiger partial charge in [-0.2, -0.15) is 0 Å². The van der Waals surface area contributed by atoms with Crippen molar-refractivity contribution in [2.45, 2.75) is 25.4 Å². The summed E-state index contributed by atoms with van der Waals surface area (Å²) in [6.45, 7) is 2.90. The quantitative estimate of drug-likeness (QED) is 0.939. The maximum atomic E-state index is 13.2. The third-order valence-electron chi connectivity index (χ3n) is 3.97. The molecule has 1 aromatic carbocycles. The highest BCUT2D eigenvalue weighted by Crippen LogP contribution is 2.21. The van der Waals surface area contributed by atoms with Gasteiger partial charge in [0.05, 0.1) is 5.69 Å². The predicted molar refractivity (Wildman–Crippen MR) is 79.3 cm³/mol. The van der Waals surface area contributed by atoms with Gasteiger partial charge in [-0.25, -0.2) is 9.37 Å². The van der Waals surface area contributed by atoms with Crippen molar-refractivity contribution in [3.05, 3.63) is 42.0 Å². The molecule has 1 aliphatic heterocycles. The SMILES string of the molecule is CN(Cc1coc(-c2cccc(F)c2)n1)C1CCNCC1. The molecule has 2 aromatic rings. The van der Waals surface area contributed by atoms with Crippen molar-refractivity contribution in [1.82, 2.24) is 15.2 Å². The minimum Gasteiger partial charge on any atom is -0.444 e. The van der Waals surface area contributed by atoms with E-state index in [9.17, 15) is 4.39 Å².